The largest absolute Gasteiger partial charge is 0.624 e. The van der Waals surface area contributed by atoms with Gasteiger partial charge in [0, 0.05) is 5.56 Å². The van der Waals surface area contributed by atoms with E-state index in [9.17, 15) is 5.21 Å². The highest BCUT2D eigenvalue weighted by Crippen LogP contribution is 2.37. The van der Waals surface area contributed by atoms with Gasteiger partial charge in [0.05, 0.1) is 13.7 Å². The molecule has 28 heavy (non-hydrogen) atoms. The summed E-state index contributed by atoms with van der Waals surface area (Å²) in [5.41, 5.74) is 0.902. The van der Waals surface area contributed by atoms with Crippen molar-refractivity contribution < 1.29 is 23.4 Å². The van der Waals surface area contributed by atoms with Crippen molar-refractivity contribution >= 4 is 14.5 Å². The van der Waals surface area contributed by atoms with Gasteiger partial charge in [0.15, 0.2) is 33.0 Å². The molecule has 1 aromatic rings. The molecule has 0 aliphatic carbocycles. The highest BCUT2D eigenvalue weighted by atomic mass is 28.4. The van der Waals surface area contributed by atoms with Crippen LogP contribution < -0.4 is 4.74 Å². The van der Waals surface area contributed by atoms with Gasteiger partial charge in [0.25, 0.3) is 0 Å². The van der Waals surface area contributed by atoms with E-state index in [-0.39, 0.29) is 17.7 Å². The standard InChI is InChI=1S/C21H35NO5Si/c1-20(2,3)28(7,8)25-15-19-18(26-21(4,5)27-19)14-22(23)13-16-9-11-17(24-6)12-10-16/h9-12,14,18-19H,13,15H2,1-8H3/b22-14-/t18-,19-/m0/s1. The molecule has 0 unspecified atom stereocenters. The SMILES string of the molecule is COc1ccc(C/[N+]([O-])=C/[C@@H]2OC(C)(C)O[C@H]2CO[Si](C)(C)C(C)(C)C)cc1. The zero-order valence-electron chi connectivity index (χ0n) is 18.4. The Morgan fingerprint density at radius 3 is 2.32 bits per heavy atom. The third-order valence-corrected chi connectivity index (χ3v) is 9.95. The molecule has 0 amide bonds. The van der Waals surface area contributed by atoms with Gasteiger partial charge in [-0.15, -0.1) is 0 Å². The van der Waals surface area contributed by atoms with E-state index in [1.165, 1.54) is 0 Å². The van der Waals surface area contributed by atoms with Crippen molar-refractivity contribution in [1.29, 1.82) is 0 Å². The van der Waals surface area contributed by atoms with Crippen molar-refractivity contribution in [2.24, 2.45) is 0 Å². The summed E-state index contributed by atoms with van der Waals surface area (Å²) in [5.74, 6) is 0.0196. The Kier molecular flexibility index (Phi) is 6.97. The summed E-state index contributed by atoms with van der Waals surface area (Å²) in [4.78, 5) is 0. The topological polar surface area (TPSA) is 63.0 Å². The molecule has 0 aromatic heterocycles. The van der Waals surface area contributed by atoms with Crippen LogP contribution in [-0.4, -0.2) is 51.0 Å². The van der Waals surface area contributed by atoms with E-state index in [1.807, 2.05) is 38.1 Å². The predicted octanol–water partition coefficient (Wildman–Crippen LogP) is 4.32. The Morgan fingerprint density at radius 2 is 1.79 bits per heavy atom. The van der Waals surface area contributed by atoms with Crippen LogP contribution in [0.3, 0.4) is 0 Å². The Bertz CT molecular complexity index is 679. The number of hydroxylamine groups is 1. The molecule has 1 heterocycles. The first-order chi connectivity index (χ1) is 12.8. The Hall–Kier alpha value is -1.41. The van der Waals surface area contributed by atoms with Crippen LogP contribution in [0, 0.1) is 5.21 Å². The Morgan fingerprint density at radius 1 is 1.18 bits per heavy atom. The molecule has 1 aromatic carbocycles. The van der Waals surface area contributed by atoms with Crippen molar-refractivity contribution in [2.45, 2.75) is 77.3 Å². The lowest BCUT2D eigenvalue weighted by Gasteiger charge is -2.37. The van der Waals surface area contributed by atoms with Gasteiger partial charge >= 0.3 is 0 Å². The van der Waals surface area contributed by atoms with Crippen LogP contribution in [0.2, 0.25) is 18.1 Å². The zero-order valence-corrected chi connectivity index (χ0v) is 19.4. The number of ether oxygens (including phenoxy) is 3. The van der Waals surface area contributed by atoms with E-state index in [2.05, 4.69) is 33.9 Å². The van der Waals surface area contributed by atoms with E-state index in [0.29, 0.717) is 6.61 Å². The minimum Gasteiger partial charge on any atom is -0.624 e. The maximum atomic E-state index is 12.5. The maximum Gasteiger partial charge on any atom is 0.192 e. The lowest BCUT2D eigenvalue weighted by molar-refractivity contribution is -0.473. The molecule has 1 saturated heterocycles. The lowest BCUT2D eigenvalue weighted by Crippen LogP contribution is -2.44. The van der Waals surface area contributed by atoms with Crippen LogP contribution in [0.25, 0.3) is 0 Å². The average molecular weight is 410 g/mol. The highest BCUT2D eigenvalue weighted by Gasteiger charge is 2.45. The smallest absolute Gasteiger partial charge is 0.192 e. The Balaban J connectivity index is 2.06. The first kappa shape index (κ1) is 22.9. The number of hydrogen-bond acceptors (Lipinski definition) is 5. The summed E-state index contributed by atoms with van der Waals surface area (Å²) in [6.45, 7) is 15.4. The summed E-state index contributed by atoms with van der Waals surface area (Å²) in [7, 11) is -0.292. The summed E-state index contributed by atoms with van der Waals surface area (Å²) in [6.07, 6.45) is 0.797. The second-order valence-electron chi connectivity index (χ2n) is 9.28. The molecule has 158 valence electrons. The van der Waals surface area contributed by atoms with Crippen molar-refractivity contribution in [2.75, 3.05) is 13.7 Å². The summed E-state index contributed by atoms with van der Waals surface area (Å²) in [6, 6.07) is 7.45. The Labute approximate surface area is 170 Å². The van der Waals surface area contributed by atoms with Gasteiger partial charge in [0.1, 0.15) is 11.9 Å². The van der Waals surface area contributed by atoms with Gasteiger partial charge in [0.2, 0.25) is 0 Å². The van der Waals surface area contributed by atoms with Crippen LogP contribution in [0.1, 0.15) is 40.2 Å². The van der Waals surface area contributed by atoms with Crippen molar-refractivity contribution in [3.63, 3.8) is 0 Å². The van der Waals surface area contributed by atoms with Crippen LogP contribution in [0.4, 0.5) is 0 Å². The van der Waals surface area contributed by atoms with E-state index in [0.717, 1.165) is 16.1 Å². The minimum absolute atomic E-state index is 0.111. The molecular formula is C21H35NO5Si. The van der Waals surface area contributed by atoms with Crippen molar-refractivity contribution in [3.05, 3.63) is 35.0 Å². The first-order valence-corrected chi connectivity index (χ1v) is 12.6. The summed E-state index contributed by atoms with van der Waals surface area (Å²) >= 11 is 0. The number of benzene rings is 1. The molecule has 0 radical (unpaired) electrons. The third-order valence-electron chi connectivity index (χ3n) is 5.45. The molecule has 6 nitrogen and oxygen atoms in total. The summed E-state index contributed by atoms with van der Waals surface area (Å²) < 4.78 is 24.3. The molecular weight excluding hydrogens is 374 g/mol. The van der Waals surface area contributed by atoms with E-state index in [4.69, 9.17) is 18.6 Å². The lowest BCUT2D eigenvalue weighted by atomic mass is 10.2. The third kappa shape index (κ3) is 6.04. The number of hydrogen-bond donors (Lipinski definition) is 0. The van der Waals surface area contributed by atoms with Gasteiger partial charge in [-0.3, -0.25) is 0 Å². The number of nitrogens with zero attached hydrogens (tertiary/aromatic N) is 1. The molecule has 0 N–H and O–H groups in total. The quantitative estimate of drug-likeness (QED) is 0.221. The number of methoxy groups -OCH3 is 1. The fraction of sp³-hybridized carbons (Fsp3) is 0.667. The van der Waals surface area contributed by atoms with Crippen LogP contribution >= 0.6 is 0 Å². The molecule has 2 rings (SSSR count). The van der Waals surface area contributed by atoms with Crippen LogP contribution in [0.5, 0.6) is 5.75 Å². The molecule has 1 aliphatic heterocycles. The van der Waals surface area contributed by atoms with Gasteiger partial charge in [-0.05, 0) is 56.2 Å². The molecule has 0 saturated carbocycles. The molecule has 2 atom stereocenters. The van der Waals surface area contributed by atoms with E-state index >= 15 is 0 Å². The van der Waals surface area contributed by atoms with Crippen LogP contribution in [0.15, 0.2) is 24.3 Å². The molecule has 0 spiro atoms. The van der Waals surface area contributed by atoms with E-state index in [1.54, 1.807) is 13.3 Å². The van der Waals surface area contributed by atoms with Gasteiger partial charge in [-0.1, -0.05) is 20.8 Å². The number of rotatable bonds is 7. The summed E-state index contributed by atoms with van der Waals surface area (Å²) in [5, 5.41) is 12.6. The molecule has 0 bridgehead atoms. The normalized spacial score (nSPS) is 23.1. The second kappa shape index (κ2) is 8.53. The second-order valence-corrected chi connectivity index (χ2v) is 14.1. The van der Waals surface area contributed by atoms with Crippen LogP contribution in [-0.2, 0) is 20.4 Å². The van der Waals surface area contributed by atoms with Crippen molar-refractivity contribution in [1.82, 2.24) is 0 Å². The van der Waals surface area contributed by atoms with Crippen molar-refractivity contribution in [3.8, 4) is 5.75 Å². The predicted molar refractivity (Wildman–Crippen MR) is 113 cm³/mol. The molecule has 7 heteroatoms. The maximum absolute atomic E-state index is 12.5. The zero-order chi connectivity index (χ0) is 21.2. The average Bonchev–Trinajstić information content (AvgIpc) is 2.86. The van der Waals surface area contributed by atoms with Gasteiger partial charge in [-0.2, -0.15) is 0 Å². The first-order valence-electron chi connectivity index (χ1n) is 9.74. The fourth-order valence-electron chi connectivity index (χ4n) is 2.75. The van der Waals surface area contributed by atoms with Gasteiger partial charge < -0.3 is 23.8 Å². The van der Waals surface area contributed by atoms with Gasteiger partial charge in [-0.25, -0.2) is 4.74 Å². The fourth-order valence-corrected chi connectivity index (χ4v) is 3.77. The molecule has 1 fully saturated rings. The molecule has 1 aliphatic rings. The monoisotopic (exact) mass is 409 g/mol. The highest BCUT2D eigenvalue weighted by molar-refractivity contribution is 6.74. The minimum atomic E-state index is -1.91. The van der Waals surface area contributed by atoms with E-state index < -0.39 is 20.2 Å².